The molecule has 2 heterocycles. The third kappa shape index (κ3) is 2.95. The average molecular weight is 314 g/mol. The zero-order valence-electron chi connectivity index (χ0n) is 9.45. The van der Waals surface area contributed by atoms with Crippen molar-refractivity contribution in [3.63, 3.8) is 0 Å². The molecule has 6 heteroatoms. The molecule has 4 nitrogen and oxygen atoms in total. The maximum absolute atomic E-state index is 11.9. The molecular formula is C11H12BrN3OS. The zero-order valence-corrected chi connectivity index (χ0v) is 11.9. The Hall–Kier alpha value is -1.14. The number of nitrogens with zero attached hydrogens (tertiary/aromatic N) is 1. The van der Waals surface area contributed by atoms with Crippen LogP contribution in [0, 0.1) is 6.92 Å². The molecule has 17 heavy (non-hydrogen) atoms. The van der Waals surface area contributed by atoms with Gasteiger partial charge in [0, 0.05) is 21.7 Å². The van der Waals surface area contributed by atoms with Gasteiger partial charge in [-0.2, -0.15) is 0 Å². The van der Waals surface area contributed by atoms with Crippen molar-refractivity contribution in [1.29, 1.82) is 0 Å². The van der Waals surface area contributed by atoms with Crippen LogP contribution in [0.15, 0.2) is 22.9 Å². The lowest BCUT2D eigenvalue weighted by Crippen LogP contribution is -2.26. The van der Waals surface area contributed by atoms with Crippen molar-refractivity contribution in [2.24, 2.45) is 0 Å². The number of carbonyl (C=O) groups excluding carboxylic acids is 1. The lowest BCUT2D eigenvalue weighted by Gasteiger charge is -2.09. The van der Waals surface area contributed by atoms with Crippen molar-refractivity contribution in [1.82, 2.24) is 15.3 Å². The number of hydrogen-bond acceptors (Lipinski definition) is 3. The summed E-state index contributed by atoms with van der Waals surface area (Å²) >= 11 is 4.89. The van der Waals surface area contributed by atoms with Gasteiger partial charge in [-0.15, -0.1) is 11.3 Å². The van der Waals surface area contributed by atoms with Crippen molar-refractivity contribution < 1.29 is 4.79 Å². The largest absolute Gasteiger partial charge is 0.356 e. The molecule has 2 rings (SSSR count). The van der Waals surface area contributed by atoms with Crippen molar-refractivity contribution in [3.05, 3.63) is 38.5 Å². The van der Waals surface area contributed by atoms with E-state index in [-0.39, 0.29) is 11.9 Å². The van der Waals surface area contributed by atoms with Crippen LogP contribution in [0.4, 0.5) is 0 Å². The first-order valence-corrected chi connectivity index (χ1v) is 6.74. The molecule has 0 fully saturated rings. The highest BCUT2D eigenvalue weighted by Gasteiger charge is 2.14. The Balaban J connectivity index is 2.04. The molecular weight excluding hydrogens is 302 g/mol. The van der Waals surface area contributed by atoms with Crippen molar-refractivity contribution >= 4 is 33.2 Å². The molecule has 2 aromatic rings. The normalized spacial score (nSPS) is 12.4. The van der Waals surface area contributed by atoms with E-state index in [0.29, 0.717) is 5.69 Å². The standard InChI is InChI=1S/C11H12BrN3OS/c1-6-4-14-11(17-6)7(2)15-10(16)9-3-8(12)5-13-9/h3-5,7,13H,1-2H3,(H,15,16). The number of aromatic amines is 1. The van der Waals surface area contributed by atoms with Crippen LogP contribution < -0.4 is 5.32 Å². The SMILES string of the molecule is Cc1cnc(C(C)NC(=O)c2cc(Br)c[nH]2)s1. The molecule has 0 aliphatic heterocycles. The van der Waals surface area contributed by atoms with Crippen molar-refractivity contribution in [2.45, 2.75) is 19.9 Å². The summed E-state index contributed by atoms with van der Waals surface area (Å²) < 4.78 is 0.861. The molecule has 1 atom stereocenters. The van der Waals surface area contributed by atoms with Gasteiger partial charge in [-0.3, -0.25) is 4.79 Å². The highest BCUT2D eigenvalue weighted by Crippen LogP contribution is 2.19. The smallest absolute Gasteiger partial charge is 0.268 e. The fourth-order valence-corrected chi connectivity index (χ4v) is 2.53. The molecule has 0 saturated heterocycles. The summed E-state index contributed by atoms with van der Waals surface area (Å²) in [5.41, 5.74) is 0.539. The lowest BCUT2D eigenvalue weighted by atomic mass is 10.3. The number of nitrogens with one attached hydrogen (secondary N) is 2. The number of rotatable bonds is 3. The number of aromatic nitrogens is 2. The summed E-state index contributed by atoms with van der Waals surface area (Å²) in [4.78, 5) is 20.1. The molecule has 2 N–H and O–H groups in total. The third-order valence-electron chi connectivity index (χ3n) is 2.25. The fourth-order valence-electron chi connectivity index (χ4n) is 1.41. The molecule has 0 spiro atoms. The van der Waals surface area contributed by atoms with Crippen molar-refractivity contribution in [3.8, 4) is 0 Å². The number of aryl methyl sites for hydroxylation is 1. The van der Waals surface area contributed by atoms with Gasteiger partial charge >= 0.3 is 0 Å². The Morgan fingerprint density at radius 1 is 1.65 bits per heavy atom. The zero-order chi connectivity index (χ0) is 12.4. The monoisotopic (exact) mass is 313 g/mol. The summed E-state index contributed by atoms with van der Waals surface area (Å²) in [6.45, 7) is 3.92. The summed E-state index contributed by atoms with van der Waals surface area (Å²) in [6.07, 6.45) is 3.54. The molecule has 0 radical (unpaired) electrons. The molecule has 90 valence electrons. The number of thiazole rings is 1. The minimum absolute atomic E-state index is 0.0803. The Kier molecular flexibility index (Phi) is 3.63. The molecule has 0 bridgehead atoms. The first kappa shape index (κ1) is 12.3. The van der Waals surface area contributed by atoms with Gasteiger partial charge in [0.15, 0.2) is 0 Å². The Morgan fingerprint density at radius 2 is 2.41 bits per heavy atom. The van der Waals surface area contributed by atoms with Crippen LogP contribution in [0.25, 0.3) is 0 Å². The van der Waals surface area contributed by atoms with Gasteiger partial charge in [-0.1, -0.05) is 0 Å². The van der Waals surface area contributed by atoms with Crippen molar-refractivity contribution in [2.75, 3.05) is 0 Å². The van der Waals surface area contributed by atoms with Gasteiger partial charge in [-0.05, 0) is 35.8 Å². The van der Waals surface area contributed by atoms with Gasteiger partial charge in [0.05, 0.1) is 6.04 Å². The topological polar surface area (TPSA) is 57.8 Å². The number of carbonyl (C=O) groups is 1. The summed E-state index contributed by atoms with van der Waals surface area (Å²) in [5, 5.41) is 3.81. The molecule has 0 aliphatic rings. The van der Waals surface area contributed by atoms with E-state index in [0.717, 1.165) is 14.4 Å². The van der Waals surface area contributed by atoms with E-state index in [4.69, 9.17) is 0 Å². The van der Waals surface area contributed by atoms with Crippen LogP contribution in [-0.2, 0) is 0 Å². The quantitative estimate of drug-likeness (QED) is 0.915. The lowest BCUT2D eigenvalue weighted by molar-refractivity contribution is 0.0935. The maximum Gasteiger partial charge on any atom is 0.268 e. The second-order valence-corrected chi connectivity index (χ2v) is 5.92. The molecule has 2 aromatic heterocycles. The van der Waals surface area contributed by atoms with Gasteiger partial charge in [0.1, 0.15) is 10.7 Å². The summed E-state index contributed by atoms with van der Waals surface area (Å²) in [6, 6.07) is 1.66. The molecule has 0 saturated carbocycles. The highest BCUT2D eigenvalue weighted by molar-refractivity contribution is 9.10. The van der Waals surface area contributed by atoms with Crippen LogP contribution in [0.3, 0.4) is 0 Å². The first-order chi connectivity index (χ1) is 8.06. The van der Waals surface area contributed by atoms with Gasteiger partial charge in [0.2, 0.25) is 0 Å². The predicted octanol–water partition coefficient (Wildman–Crippen LogP) is 3.03. The second-order valence-electron chi connectivity index (χ2n) is 3.74. The predicted molar refractivity (Wildman–Crippen MR) is 71.2 cm³/mol. The van der Waals surface area contributed by atoms with Gasteiger partial charge < -0.3 is 10.3 Å². The van der Waals surface area contributed by atoms with Crippen LogP contribution in [0.5, 0.6) is 0 Å². The first-order valence-electron chi connectivity index (χ1n) is 5.13. The van der Waals surface area contributed by atoms with E-state index in [1.807, 2.05) is 20.0 Å². The Labute approximate surface area is 112 Å². The highest BCUT2D eigenvalue weighted by atomic mass is 79.9. The van der Waals surface area contributed by atoms with Crippen LogP contribution in [0.2, 0.25) is 0 Å². The molecule has 1 amide bonds. The number of H-pyrrole nitrogens is 1. The second kappa shape index (κ2) is 5.01. The minimum Gasteiger partial charge on any atom is -0.356 e. The van der Waals surface area contributed by atoms with Crippen LogP contribution >= 0.6 is 27.3 Å². The van der Waals surface area contributed by atoms with E-state index in [9.17, 15) is 4.79 Å². The third-order valence-corrected chi connectivity index (χ3v) is 3.80. The van der Waals surface area contributed by atoms with Crippen LogP contribution in [0.1, 0.15) is 33.3 Å². The fraction of sp³-hybridized carbons (Fsp3) is 0.273. The van der Waals surface area contributed by atoms with E-state index in [2.05, 4.69) is 31.2 Å². The maximum atomic E-state index is 11.9. The molecule has 0 aromatic carbocycles. The van der Waals surface area contributed by atoms with E-state index >= 15 is 0 Å². The van der Waals surface area contributed by atoms with Gasteiger partial charge in [-0.25, -0.2) is 4.98 Å². The number of amides is 1. The van der Waals surface area contributed by atoms with Crippen LogP contribution in [-0.4, -0.2) is 15.9 Å². The molecule has 0 aliphatic carbocycles. The average Bonchev–Trinajstić information content (AvgIpc) is 2.87. The molecule has 1 unspecified atom stereocenters. The van der Waals surface area contributed by atoms with E-state index in [1.54, 1.807) is 23.6 Å². The van der Waals surface area contributed by atoms with E-state index in [1.165, 1.54) is 0 Å². The van der Waals surface area contributed by atoms with E-state index < -0.39 is 0 Å². The number of halogens is 1. The Morgan fingerprint density at radius 3 is 2.94 bits per heavy atom. The summed E-state index contributed by atoms with van der Waals surface area (Å²) in [5.74, 6) is -0.129. The number of hydrogen-bond donors (Lipinski definition) is 2. The van der Waals surface area contributed by atoms with Gasteiger partial charge in [0.25, 0.3) is 5.91 Å². The summed E-state index contributed by atoms with van der Waals surface area (Å²) in [7, 11) is 0. The Bertz CT molecular complexity index is 534. The minimum atomic E-state index is -0.129.